The minimum atomic E-state index is -0.226. The molecule has 0 aromatic carbocycles. The van der Waals surface area contributed by atoms with E-state index in [-0.39, 0.29) is 5.60 Å². The van der Waals surface area contributed by atoms with Crippen LogP contribution < -0.4 is 0 Å². The lowest BCUT2D eigenvalue weighted by Gasteiger charge is -2.42. The Hall–Kier alpha value is 0.730. The van der Waals surface area contributed by atoms with Crippen molar-refractivity contribution in [3.05, 3.63) is 0 Å². The van der Waals surface area contributed by atoms with Gasteiger partial charge in [-0.15, -0.1) is 11.6 Å². The second-order valence-electron chi connectivity index (χ2n) is 6.93. The van der Waals surface area contributed by atoms with Crippen LogP contribution in [0, 0.1) is 16.7 Å². The molecule has 1 nitrogen and oxygen atoms in total. The molecule has 2 rings (SSSR count). The maximum atomic E-state index is 6.39. The Morgan fingerprint density at radius 1 is 1.41 bits per heavy atom. The molecule has 4 atom stereocenters. The Balaban J connectivity index is 2.16. The predicted octanol–water partition coefficient (Wildman–Crippen LogP) is 4.61. The molecule has 0 aromatic rings. The monoisotopic (exact) mass is 322 g/mol. The Kier molecular flexibility index (Phi) is 3.65. The third kappa shape index (κ3) is 1.99. The molecule has 0 spiro atoms. The second kappa shape index (κ2) is 4.38. The zero-order valence-electron chi connectivity index (χ0n) is 11.4. The van der Waals surface area contributed by atoms with Gasteiger partial charge in [0, 0.05) is 5.33 Å². The number of rotatable bonds is 4. The summed E-state index contributed by atoms with van der Waals surface area (Å²) in [4.78, 5) is 0. The van der Waals surface area contributed by atoms with Gasteiger partial charge in [-0.2, -0.15) is 0 Å². The summed E-state index contributed by atoms with van der Waals surface area (Å²) in [5, 5.41) is 0.807. The zero-order chi connectivity index (χ0) is 12.9. The summed E-state index contributed by atoms with van der Waals surface area (Å²) < 4.78 is 6.39. The van der Waals surface area contributed by atoms with E-state index < -0.39 is 0 Å². The summed E-state index contributed by atoms with van der Waals surface area (Å²) in [6.07, 6.45) is 4.26. The van der Waals surface area contributed by atoms with Gasteiger partial charge in [-0.05, 0) is 42.9 Å². The average Bonchev–Trinajstić information content (AvgIpc) is 2.62. The van der Waals surface area contributed by atoms with Gasteiger partial charge in [-0.25, -0.2) is 0 Å². The first kappa shape index (κ1) is 14.1. The van der Waals surface area contributed by atoms with Crippen molar-refractivity contribution in [1.82, 2.24) is 0 Å². The minimum absolute atomic E-state index is 0.226. The third-order valence-electron chi connectivity index (χ3n) is 5.71. The van der Waals surface area contributed by atoms with Crippen LogP contribution in [0.3, 0.4) is 0 Å². The molecular weight excluding hydrogens is 300 g/mol. The highest BCUT2D eigenvalue weighted by molar-refractivity contribution is 9.09. The number of hydrogen-bond acceptors (Lipinski definition) is 1. The van der Waals surface area contributed by atoms with E-state index in [1.54, 1.807) is 0 Å². The molecule has 0 heterocycles. The van der Waals surface area contributed by atoms with Crippen LogP contribution in [0.2, 0.25) is 0 Å². The molecule has 0 aliphatic heterocycles. The molecule has 100 valence electrons. The molecule has 0 amide bonds. The van der Waals surface area contributed by atoms with Gasteiger partial charge in [0.2, 0.25) is 0 Å². The van der Waals surface area contributed by atoms with Crippen molar-refractivity contribution in [2.75, 3.05) is 11.2 Å². The van der Waals surface area contributed by atoms with Crippen LogP contribution in [0.5, 0.6) is 0 Å². The SMILES string of the molecule is CC(CCl)(CBr)OC1CC2CCC1(C)C2(C)C. The number of alkyl halides is 2. The Morgan fingerprint density at radius 3 is 2.41 bits per heavy atom. The quantitative estimate of drug-likeness (QED) is 0.686. The number of halogens is 2. The summed E-state index contributed by atoms with van der Waals surface area (Å²) in [5.41, 5.74) is 0.514. The van der Waals surface area contributed by atoms with Crippen LogP contribution in [-0.4, -0.2) is 22.9 Å². The van der Waals surface area contributed by atoms with Crippen LogP contribution in [0.25, 0.3) is 0 Å². The highest BCUT2D eigenvalue weighted by Crippen LogP contribution is 2.66. The maximum absolute atomic E-state index is 6.39. The highest BCUT2D eigenvalue weighted by Gasteiger charge is 2.62. The fraction of sp³-hybridized carbons (Fsp3) is 1.00. The smallest absolute Gasteiger partial charge is 0.0889 e. The maximum Gasteiger partial charge on any atom is 0.0889 e. The van der Waals surface area contributed by atoms with Crippen LogP contribution in [0.4, 0.5) is 0 Å². The molecule has 2 aliphatic carbocycles. The van der Waals surface area contributed by atoms with Crippen LogP contribution in [0.1, 0.15) is 47.0 Å². The van der Waals surface area contributed by atoms with Gasteiger partial charge >= 0.3 is 0 Å². The Morgan fingerprint density at radius 2 is 2.06 bits per heavy atom. The largest absolute Gasteiger partial charge is 0.369 e. The van der Waals surface area contributed by atoms with Gasteiger partial charge < -0.3 is 4.74 Å². The lowest BCUT2D eigenvalue weighted by molar-refractivity contribution is -0.115. The van der Waals surface area contributed by atoms with Gasteiger partial charge in [0.05, 0.1) is 17.6 Å². The van der Waals surface area contributed by atoms with Gasteiger partial charge in [0.25, 0.3) is 0 Å². The molecule has 17 heavy (non-hydrogen) atoms. The number of hydrogen-bond donors (Lipinski definition) is 0. The van der Waals surface area contributed by atoms with Gasteiger partial charge in [0.15, 0.2) is 0 Å². The molecular formula is C14H24BrClO. The summed E-state index contributed by atoms with van der Waals surface area (Å²) >= 11 is 9.58. The molecule has 4 unspecified atom stereocenters. The van der Waals surface area contributed by atoms with E-state index in [0.29, 0.717) is 22.8 Å². The van der Waals surface area contributed by atoms with E-state index in [4.69, 9.17) is 16.3 Å². The summed E-state index contributed by atoms with van der Waals surface area (Å²) in [6, 6.07) is 0. The van der Waals surface area contributed by atoms with Gasteiger partial charge in [0.1, 0.15) is 0 Å². The van der Waals surface area contributed by atoms with E-state index in [1.807, 2.05) is 0 Å². The summed E-state index contributed by atoms with van der Waals surface area (Å²) in [5.74, 6) is 1.38. The predicted molar refractivity (Wildman–Crippen MR) is 77.0 cm³/mol. The molecule has 2 saturated carbocycles. The number of ether oxygens (including phenoxy) is 1. The molecule has 2 aliphatic rings. The fourth-order valence-electron chi connectivity index (χ4n) is 3.75. The van der Waals surface area contributed by atoms with Crippen LogP contribution in [0.15, 0.2) is 0 Å². The van der Waals surface area contributed by atoms with Gasteiger partial charge in [-0.1, -0.05) is 36.7 Å². The highest BCUT2D eigenvalue weighted by atomic mass is 79.9. The lowest BCUT2D eigenvalue weighted by atomic mass is 9.70. The van der Waals surface area contributed by atoms with E-state index in [9.17, 15) is 0 Å². The Bertz CT molecular complexity index is 301. The van der Waals surface area contributed by atoms with Crippen molar-refractivity contribution in [1.29, 1.82) is 0 Å². The van der Waals surface area contributed by atoms with E-state index in [0.717, 1.165) is 11.2 Å². The standard InChI is InChI=1S/C14H24BrClO/c1-12(2)10-5-6-14(12,4)11(7-10)17-13(3,8-15)9-16/h10-11H,5-9H2,1-4H3. The normalized spacial score (nSPS) is 42.7. The lowest BCUT2D eigenvalue weighted by Crippen LogP contribution is -2.44. The zero-order valence-corrected chi connectivity index (χ0v) is 13.7. The van der Waals surface area contributed by atoms with E-state index in [1.165, 1.54) is 19.3 Å². The van der Waals surface area contributed by atoms with Crippen molar-refractivity contribution in [2.45, 2.75) is 58.7 Å². The molecule has 3 heteroatoms. The van der Waals surface area contributed by atoms with Crippen molar-refractivity contribution in [2.24, 2.45) is 16.7 Å². The van der Waals surface area contributed by atoms with Gasteiger partial charge in [-0.3, -0.25) is 0 Å². The van der Waals surface area contributed by atoms with Crippen molar-refractivity contribution in [3.63, 3.8) is 0 Å². The van der Waals surface area contributed by atoms with E-state index >= 15 is 0 Å². The second-order valence-corrected chi connectivity index (χ2v) is 7.76. The number of fused-ring (bicyclic) bond motifs is 2. The van der Waals surface area contributed by atoms with E-state index in [2.05, 4.69) is 43.6 Å². The Labute approximate surface area is 119 Å². The molecule has 2 fully saturated rings. The molecule has 0 saturated heterocycles. The van der Waals surface area contributed by atoms with Crippen molar-refractivity contribution in [3.8, 4) is 0 Å². The molecule has 2 bridgehead atoms. The average molecular weight is 324 g/mol. The molecule has 0 radical (unpaired) electrons. The van der Waals surface area contributed by atoms with Crippen molar-refractivity contribution >= 4 is 27.5 Å². The fourth-order valence-corrected chi connectivity index (χ4v) is 4.47. The first-order valence-corrected chi connectivity index (χ1v) is 8.24. The third-order valence-corrected chi connectivity index (χ3v) is 7.46. The van der Waals surface area contributed by atoms with Crippen LogP contribution >= 0.6 is 27.5 Å². The topological polar surface area (TPSA) is 9.23 Å². The summed E-state index contributed by atoms with van der Waals surface area (Å²) in [7, 11) is 0. The molecule has 0 N–H and O–H groups in total. The van der Waals surface area contributed by atoms with Crippen LogP contribution in [-0.2, 0) is 4.74 Å². The first-order valence-electron chi connectivity index (χ1n) is 6.59. The first-order chi connectivity index (χ1) is 7.79. The van der Waals surface area contributed by atoms with Crippen molar-refractivity contribution < 1.29 is 4.74 Å². The molecule has 0 aromatic heterocycles. The minimum Gasteiger partial charge on any atom is -0.369 e. The summed E-state index contributed by atoms with van der Waals surface area (Å²) in [6.45, 7) is 9.35.